The highest BCUT2D eigenvalue weighted by atomic mass is 15.0. The van der Waals surface area contributed by atoms with Crippen LogP contribution in [0.15, 0.2) is 84.2 Å². The highest BCUT2D eigenvalue weighted by Crippen LogP contribution is 2.43. The van der Waals surface area contributed by atoms with Crippen LogP contribution in [0.2, 0.25) is 0 Å². The molecule has 0 radical (unpaired) electrons. The van der Waals surface area contributed by atoms with E-state index in [0.717, 1.165) is 30.7 Å². The van der Waals surface area contributed by atoms with Crippen LogP contribution in [0.25, 0.3) is 11.3 Å². The predicted molar refractivity (Wildman–Crippen MR) is 138 cm³/mol. The lowest BCUT2D eigenvalue weighted by molar-refractivity contribution is -0.718. The summed E-state index contributed by atoms with van der Waals surface area (Å²) < 4.78 is 2.52. The molecule has 2 unspecified atom stereocenters. The summed E-state index contributed by atoms with van der Waals surface area (Å²) in [4.78, 5) is 4.71. The number of aromatic nitrogens is 1. The zero-order valence-electron chi connectivity index (χ0n) is 20.8. The van der Waals surface area contributed by atoms with Crippen LogP contribution < -0.4 is 4.57 Å². The molecular weight excluding hydrogens is 388 g/mol. The number of rotatable bonds is 7. The summed E-state index contributed by atoms with van der Waals surface area (Å²) in [5.41, 5.74) is 8.91. The molecule has 1 aliphatic rings. The van der Waals surface area contributed by atoms with E-state index in [1.54, 1.807) is 0 Å². The van der Waals surface area contributed by atoms with E-state index in [0.29, 0.717) is 5.92 Å². The smallest absolute Gasteiger partial charge is 0.213 e. The second-order valence-electron chi connectivity index (χ2n) is 10.3. The lowest BCUT2D eigenvalue weighted by Crippen LogP contribution is -2.48. The Morgan fingerprint density at radius 3 is 2.47 bits per heavy atom. The molecule has 0 saturated carbocycles. The van der Waals surface area contributed by atoms with Gasteiger partial charge in [-0.3, -0.25) is 4.99 Å². The Hall–Kier alpha value is -2.74. The number of nitrogens with zero attached hydrogens (tertiary/aromatic N) is 2. The van der Waals surface area contributed by atoms with Gasteiger partial charge in [0.25, 0.3) is 0 Å². The Morgan fingerprint density at radius 1 is 1.09 bits per heavy atom. The minimum Gasteiger partial charge on any atom is -0.263 e. The average molecular weight is 428 g/mol. The van der Waals surface area contributed by atoms with Crippen LogP contribution in [0.3, 0.4) is 0 Å². The van der Waals surface area contributed by atoms with Crippen molar-refractivity contribution in [2.45, 2.75) is 78.2 Å². The normalized spacial score (nSPS) is 17.9. The molecule has 0 saturated heterocycles. The minimum atomic E-state index is 0.0947. The van der Waals surface area contributed by atoms with E-state index in [1.807, 2.05) is 19.9 Å². The molecule has 168 valence electrons. The van der Waals surface area contributed by atoms with Gasteiger partial charge in [0.2, 0.25) is 5.69 Å². The summed E-state index contributed by atoms with van der Waals surface area (Å²) in [6.07, 6.45) is 9.39. The third-order valence-corrected chi connectivity index (χ3v) is 6.38. The minimum absolute atomic E-state index is 0.0947. The highest BCUT2D eigenvalue weighted by Gasteiger charge is 2.40. The summed E-state index contributed by atoms with van der Waals surface area (Å²) in [6, 6.07) is 13.8. The van der Waals surface area contributed by atoms with Gasteiger partial charge in [0.15, 0.2) is 12.2 Å². The maximum Gasteiger partial charge on any atom is 0.213 e. The van der Waals surface area contributed by atoms with Crippen molar-refractivity contribution < 1.29 is 4.57 Å². The summed E-state index contributed by atoms with van der Waals surface area (Å²) in [7, 11) is 0. The lowest BCUT2D eigenvalue weighted by atomic mass is 9.77. The van der Waals surface area contributed by atoms with Crippen LogP contribution in [0.4, 0.5) is 0 Å². The molecule has 3 rings (SSSR count). The molecule has 2 aromatic rings. The largest absolute Gasteiger partial charge is 0.263 e. The molecule has 2 atom stereocenters. The van der Waals surface area contributed by atoms with E-state index in [4.69, 9.17) is 4.99 Å². The molecule has 1 aromatic heterocycles. The molecule has 0 N–H and O–H groups in total. The maximum absolute atomic E-state index is 4.71. The van der Waals surface area contributed by atoms with Crippen LogP contribution >= 0.6 is 0 Å². The number of hydrogen-bond acceptors (Lipinski definition) is 1. The van der Waals surface area contributed by atoms with Crippen LogP contribution in [0, 0.1) is 0 Å². The Kier molecular flexibility index (Phi) is 7.33. The number of pyridine rings is 1. The summed E-state index contributed by atoms with van der Waals surface area (Å²) in [5.74, 6) is 0.399. The van der Waals surface area contributed by atoms with Crippen molar-refractivity contribution in [2.24, 2.45) is 4.99 Å². The van der Waals surface area contributed by atoms with Crippen molar-refractivity contribution in [3.63, 3.8) is 0 Å². The molecular formula is C30H39N2+. The third kappa shape index (κ3) is 5.35. The molecule has 0 spiro atoms. The molecule has 0 aliphatic carbocycles. The number of benzene rings is 1. The first-order valence-corrected chi connectivity index (χ1v) is 11.7. The number of fused-ring (bicyclic) bond motifs is 3. The van der Waals surface area contributed by atoms with Gasteiger partial charge in [0.05, 0.1) is 6.42 Å². The standard InChI is InChI=1S/C30H39N2/c1-9-12-22(4)15-17-27-25-13-10-11-14-26(25)28-18-16-24(30(6,7)8)20-32(28)29(27)19-23(5)31-21(2)3/h9-14,16,18,20,27,29H,1,5,15,17,19H2,2-4,6-8H3/q+1/b22-12+. The summed E-state index contributed by atoms with van der Waals surface area (Å²) in [6.45, 7) is 21.3. The Balaban J connectivity index is 2.15. The molecule has 2 nitrogen and oxygen atoms in total. The SMILES string of the molecule is C=C/C=C(\C)CCC1c2ccccc2-c2ccc(C(C)(C)C)c[n+]2C1CC(=C)N=C(C)C. The van der Waals surface area contributed by atoms with Gasteiger partial charge in [-0.25, -0.2) is 0 Å². The highest BCUT2D eigenvalue weighted by molar-refractivity contribution is 5.80. The first-order chi connectivity index (χ1) is 15.1. The Bertz CT molecular complexity index is 1060. The van der Waals surface area contributed by atoms with E-state index in [2.05, 4.69) is 94.1 Å². The van der Waals surface area contributed by atoms with Crippen molar-refractivity contribution in [2.75, 3.05) is 0 Å². The van der Waals surface area contributed by atoms with Gasteiger partial charge in [0.1, 0.15) is 0 Å². The third-order valence-electron chi connectivity index (χ3n) is 6.38. The monoisotopic (exact) mass is 427 g/mol. The zero-order chi connectivity index (χ0) is 23.5. The van der Waals surface area contributed by atoms with Crippen molar-refractivity contribution >= 4 is 5.71 Å². The molecule has 1 aromatic carbocycles. The van der Waals surface area contributed by atoms with E-state index < -0.39 is 0 Å². The first-order valence-electron chi connectivity index (χ1n) is 11.7. The number of hydrogen-bond donors (Lipinski definition) is 0. The van der Waals surface area contributed by atoms with E-state index in [9.17, 15) is 0 Å². The van der Waals surface area contributed by atoms with Crippen LogP contribution in [0.1, 0.15) is 83.9 Å². The van der Waals surface area contributed by atoms with Gasteiger partial charge in [-0.05, 0) is 56.7 Å². The second kappa shape index (κ2) is 9.81. The van der Waals surface area contributed by atoms with Gasteiger partial charge in [-0.15, -0.1) is 0 Å². The Labute approximate surface area is 195 Å². The molecule has 0 amide bonds. The van der Waals surface area contributed by atoms with E-state index in [-0.39, 0.29) is 11.5 Å². The zero-order valence-corrected chi connectivity index (χ0v) is 20.8. The molecule has 32 heavy (non-hydrogen) atoms. The van der Waals surface area contributed by atoms with Gasteiger partial charge in [-0.2, -0.15) is 4.57 Å². The number of allylic oxidation sites excluding steroid dienone is 4. The van der Waals surface area contributed by atoms with Crippen molar-refractivity contribution in [3.05, 3.63) is 90.3 Å². The fourth-order valence-corrected chi connectivity index (χ4v) is 4.78. The Morgan fingerprint density at radius 2 is 1.81 bits per heavy atom. The van der Waals surface area contributed by atoms with E-state index >= 15 is 0 Å². The van der Waals surface area contributed by atoms with Crippen molar-refractivity contribution in [1.82, 2.24) is 0 Å². The van der Waals surface area contributed by atoms with Gasteiger partial charge >= 0.3 is 0 Å². The van der Waals surface area contributed by atoms with Gasteiger partial charge in [0, 0.05) is 34.5 Å². The number of aliphatic imine (C=N–C) groups is 1. The molecule has 2 heterocycles. The molecule has 0 bridgehead atoms. The molecule has 1 aliphatic heterocycles. The summed E-state index contributed by atoms with van der Waals surface area (Å²) >= 11 is 0. The van der Waals surface area contributed by atoms with Gasteiger partial charge in [-0.1, -0.05) is 69.9 Å². The molecule has 2 heteroatoms. The van der Waals surface area contributed by atoms with Crippen LogP contribution in [-0.4, -0.2) is 5.71 Å². The predicted octanol–water partition coefficient (Wildman–Crippen LogP) is 7.87. The first kappa shape index (κ1) is 23.9. The van der Waals surface area contributed by atoms with E-state index in [1.165, 1.54) is 28.0 Å². The van der Waals surface area contributed by atoms with Crippen molar-refractivity contribution in [3.8, 4) is 11.3 Å². The summed E-state index contributed by atoms with van der Waals surface area (Å²) in [5, 5.41) is 0. The van der Waals surface area contributed by atoms with Crippen LogP contribution in [0.5, 0.6) is 0 Å². The average Bonchev–Trinajstić information content (AvgIpc) is 2.72. The lowest BCUT2D eigenvalue weighted by Gasteiger charge is -2.32. The fourth-order valence-electron chi connectivity index (χ4n) is 4.78. The quantitative estimate of drug-likeness (QED) is 0.243. The molecule has 0 fully saturated rings. The van der Waals surface area contributed by atoms with Gasteiger partial charge < -0.3 is 0 Å². The maximum atomic E-state index is 4.71. The topological polar surface area (TPSA) is 16.2 Å². The van der Waals surface area contributed by atoms with Crippen LogP contribution in [-0.2, 0) is 5.41 Å². The fraction of sp³-hybridized carbons (Fsp3) is 0.400. The van der Waals surface area contributed by atoms with Crippen molar-refractivity contribution in [1.29, 1.82) is 0 Å². The second-order valence-corrected chi connectivity index (χ2v) is 10.3.